The monoisotopic (exact) mass is 505 g/mol. The highest BCUT2D eigenvalue weighted by atomic mass is 16.1. The Morgan fingerprint density at radius 2 is 1.95 bits per heavy atom. The number of hydrogen-bond acceptors (Lipinski definition) is 10. The lowest BCUT2D eigenvalue weighted by molar-refractivity contribution is 0.0949. The number of pyridine rings is 1. The van der Waals surface area contributed by atoms with E-state index in [-0.39, 0.29) is 10.2 Å². The van der Waals surface area contributed by atoms with E-state index in [9.17, 15) is 4.79 Å². The summed E-state index contributed by atoms with van der Waals surface area (Å²) in [5, 5.41) is 14.8. The first-order valence-electron chi connectivity index (χ1n) is 12.4. The number of rotatable bonds is 8. The Morgan fingerprint density at radius 1 is 1.11 bits per heavy atom. The molecule has 0 bridgehead atoms. The zero-order valence-electron chi connectivity index (χ0n) is 20.9. The lowest BCUT2D eigenvalue weighted by Crippen LogP contribution is -2.34. The third-order valence-electron chi connectivity index (χ3n) is 7.19. The smallest absolute Gasteiger partial charge is 0.252 e. The van der Waals surface area contributed by atoms with Gasteiger partial charge in [0.15, 0.2) is 11.5 Å². The maximum atomic E-state index is 12.8. The number of aryl methyl sites for hydroxylation is 2. The Morgan fingerprint density at radius 3 is 2.73 bits per heavy atom. The molecule has 196 valence electrons. The summed E-state index contributed by atoms with van der Waals surface area (Å²) in [6.07, 6.45) is 12.1. The van der Waals surface area contributed by atoms with Crippen LogP contribution in [0.15, 0.2) is 37.2 Å². The zero-order chi connectivity index (χ0) is 25.4. The molecule has 2 aliphatic rings. The van der Waals surface area contributed by atoms with E-state index < -0.39 is 0 Å². The normalized spacial score (nSPS) is 16.3. The van der Waals surface area contributed by atoms with E-state index in [0.717, 1.165) is 24.2 Å². The number of likely N-dealkylation sites (tertiary alicyclic amines) is 1. The van der Waals surface area contributed by atoms with Gasteiger partial charge in [-0.3, -0.25) is 9.78 Å². The number of amides is 1. The number of carbonyl (C=O) groups is 1. The van der Waals surface area contributed by atoms with Crippen molar-refractivity contribution in [3.63, 3.8) is 0 Å². The molecular formula is C25H35N11O. The summed E-state index contributed by atoms with van der Waals surface area (Å²) < 4.78 is 1.68. The van der Waals surface area contributed by atoms with Crippen LogP contribution in [-0.2, 0) is 7.05 Å². The Kier molecular flexibility index (Phi) is 5.87. The summed E-state index contributed by atoms with van der Waals surface area (Å²) in [6, 6.07) is 1.80. The number of nitrogens with one attached hydrogen (secondary N) is 3. The van der Waals surface area contributed by atoms with Crippen LogP contribution in [0.3, 0.4) is 0 Å². The predicted octanol–water partition coefficient (Wildman–Crippen LogP) is 3.30. The maximum absolute atomic E-state index is 12.8. The minimum atomic E-state index is -0.134. The second-order valence-electron chi connectivity index (χ2n) is 9.92. The Labute approximate surface area is 218 Å². The molecule has 6 rings (SSSR count). The molecule has 1 saturated carbocycles. The molecule has 1 saturated heterocycles. The van der Waals surface area contributed by atoms with E-state index in [2.05, 4.69) is 50.9 Å². The number of carbonyl (C=O) groups excluding carboxylic acids is 1. The van der Waals surface area contributed by atoms with Gasteiger partial charge >= 0.3 is 0 Å². The SMILES string of the molecule is Cc1ncc(C(=O)NCCN2CCC3(CC3)C2)cc1Nc1nn(C)c2nc(Nc3cncnc3)ncc12.[HH].[HH].[HH]. The molecule has 1 spiro atoms. The van der Waals surface area contributed by atoms with E-state index in [1.54, 1.807) is 35.5 Å². The van der Waals surface area contributed by atoms with Crippen molar-refractivity contribution < 1.29 is 9.07 Å². The molecule has 0 aromatic carbocycles. The second kappa shape index (κ2) is 9.36. The molecule has 0 unspecified atom stereocenters. The van der Waals surface area contributed by atoms with Crippen LogP contribution < -0.4 is 16.0 Å². The van der Waals surface area contributed by atoms with E-state index in [1.807, 2.05) is 14.0 Å². The van der Waals surface area contributed by atoms with Crippen molar-refractivity contribution in [1.82, 2.24) is 44.9 Å². The third-order valence-corrected chi connectivity index (χ3v) is 7.19. The molecule has 1 amide bonds. The van der Waals surface area contributed by atoms with Crippen LogP contribution in [0, 0.1) is 12.3 Å². The summed E-state index contributed by atoms with van der Waals surface area (Å²) >= 11 is 0. The minimum absolute atomic E-state index is 0. The minimum Gasteiger partial charge on any atom is -0.351 e. The fourth-order valence-corrected chi connectivity index (χ4v) is 4.83. The molecule has 12 heteroatoms. The molecule has 37 heavy (non-hydrogen) atoms. The summed E-state index contributed by atoms with van der Waals surface area (Å²) in [7, 11) is 1.82. The fraction of sp³-hybridized carbons (Fsp3) is 0.400. The number of aromatic nitrogens is 7. The lowest BCUT2D eigenvalue weighted by atomic mass is 10.1. The Bertz CT molecular complexity index is 1460. The molecule has 2 fully saturated rings. The first kappa shape index (κ1) is 23.2. The number of anilines is 4. The van der Waals surface area contributed by atoms with E-state index in [0.29, 0.717) is 46.3 Å². The van der Waals surface area contributed by atoms with Crippen LogP contribution in [0.5, 0.6) is 0 Å². The molecule has 3 N–H and O–H groups in total. The van der Waals surface area contributed by atoms with Crippen molar-refractivity contribution >= 4 is 40.1 Å². The molecule has 5 heterocycles. The van der Waals surface area contributed by atoms with Crippen molar-refractivity contribution in [1.29, 1.82) is 0 Å². The summed E-state index contributed by atoms with van der Waals surface area (Å²) in [5.74, 6) is 0.859. The molecule has 1 aliphatic carbocycles. The second-order valence-corrected chi connectivity index (χ2v) is 9.92. The standard InChI is InChI=1S/C25H29N11O.3H2/c1-16-20(9-17(10-29-16)23(37)28-6-8-36-7-5-25(14-36)3-4-25)32-21-19-13-30-24(33-22(19)35(2)34-21)31-18-11-26-15-27-12-18;;;/h9-13,15H,3-8,14H2,1-2H3,(H,28,37)(H,32,34)(H,30,31,33);3*1H. The van der Waals surface area contributed by atoms with E-state index in [4.69, 9.17) is 0 Å². The van der Waals surface area contributed by atoms with Crippen molar-refractivity contribution in [3.05, 3.63) is 48.4 Å². The fourth-order valence-electron chi connectivity index (χ4n) is 4.83. The molecule has 0 atom stereocenters. The number of nitrogens with zero attached hydrogens (tertiary/aromatic N) is 8. The van der Waals surface area contributed by atoms with E-state index >= 15 is 0 Å². The first-order valence-corrected chi connectivity index (χ1v) is 12.4. The zero-order valence-corrected chi connectivity index (χ0v) is 20.9. The van der Waals surface area contributed by atoms with E-state index in [1.165, 1.54) is 32.1 Å². The summed E-state index contributed by atoms with van der Waals surface area (Å²) in [4.78, 5) is 36.7. The molecule has 12 nitrogen and oxygen atoms in total. The largest absolute Gasteiger partial charge is 0.351 e. The first-order chi connectivity index (χ1) is 18.0. The van der Waals surface area contributed by atoms with Gasteiger partial charge in [0, 0.05) is 43.4 Å². The van der Waals surface area contributed by atoms with Gasteiger partial charge in [-0.05, 0) is 44.2 Å². The highest BCUT2D eigenvalue weighted by Gasteiger charge is 2.47. The average molecular weight is 506 g/mol. The molecular weight excluding hydrogens is 470 g/mol. The lowest BCUT2D eigenvalue weighted by Gasteiger charge is -2.16. The van der Waals surface area contributed by atoms with Crippen molar-refractivity contribution in [2.24, 2.45) is 12.5 Å². The van der Waals surface area contributed by atoms with Crippen LogP contribution in [0.25, 0.3) is 11.0 Å². The molecule has 4 aromatic rings. The van der Waals surface area contributed by atoms with Crippen LogP contribution >= 0.6 is 0 Å². The highest BCUT2D eigenvalue weighted by Crippen LogP contribution is 2.52. The Hall–Kier alpha value is -4.19. The van der Waals surface area contributed by atoms with Gasteiger partial charge in [-0.25, -0.2) is 19.6 Å². The van der Waals surface area contributed by atoms with Gasteiger partial charge in [-0.1, -0.05) is 0 Å². The van der Waals surface area contributed by atoms with Gasteiger partial charge in [0.05, 0.1) is 40.4 Å². The van der Waals surface area contributed by atoms with Crippen LogP contribution in [-0.4, -0.2) is 71.7 Å². The van der Waals surface area contributed by atoms with Gasteiger partial charge in [-0.2, -0.15) is 10.1 Å². The van der Waals surface area contributed by atoms with Gasteiger partial charge in [0.2, 0.25) is 5.95 Å². The highest BCUT2D eigenvalue weighted by molar-refractivity contribution is 5.96. The van der Waals surface area contributed by atoms with Crippen molar-refractivity contribution in [2.75, 3.05) is 36.8 Å². The summed E-state index contributed by atoms with van der Waals surface area (Å²) in [6.45, 7) is 5.70. The topological polar surface area (TPSA) is 139 Å². The number of hydrogen-bond donors (Lipinski definition) is 3. The van der Waals surface area contributed by atoms with Gasteiger partial charge < -0.3 is 20.9 Å². The number of fused-ring (bicyclic) bond motifs is 1. The maximum Gasteiger partial charge on any atom is 0.252 e. The van der Waals surface area contributed by atoms with Crippen LogP contribution in [0.1, 0.15) is 39.6 Å². The predicted molar refractivity (Wildman–Crippen MR) is 145 cm³/mol. The van der Waals surface area contributed by atoms with Crippen LogP contribution in [0.4, 0.5) is 23.1 Å². The summed E-state index contributed by atoms with van der Waals surface area (Å²) in [5.41, 5.74) is 3.89. The third kappa shape index (κ3) is 4.92. The van der Waals surface area contributed by atoms with Crippen LogP contribution in [0.2, 0.25) is 0 Å². The van der Waals surface area contributed by atoms with Crippen molar-refractivity contribution in [3.8, 4) is 0 Å². The Balaban J connectivity index is 0.00000147. The van der Waals surface area contributed by atoms with Gasteiger partial charge in [0.1, 0.15) is 6.33 Å². The van der Waals surface area contributed by atoms with Gasteiger partial charge in [-0.15, -0.1) is 0 Å². The molecule has 4 aromatic heterocycles. The average Bonchev–Trinajstić information content (AvgIpc) is 3.44. The molecule has 0 radical (unpaired) electrons. The van der Waals surface area contributed by atoms with Crippen molar-refractivity contribution in [2.45, 2.75) is 26.2 Å². The molecule has 1 aliphatic heterocycles. The quantitative estimate of drug-likeness (QED) is 0.327. The van der Waals surface area contributed by atoms with Gasteiger partial charge in [0.25, 0.3) is 5.91 Å².